The van der Waals surface area contributed by atoms with Crippen LogP contribution in [0, 0.1) is 0 Å². The molecule has 0 saturated carbocycles. The lowest BCUT2D eigenvalue weighted by Gasteiger charge is -2.39. The molecule has 0 saturated heterocycles. The number of nitrogens with zero attached hydrogens (tertiary/aromatic N) is 1. The van der Waals surface area contributed by atoms with Gasteiger partial charge in [-0.2, -0.15) is 0 Å². The Labute approximate surface area is 105 Å². The van der Waals surface area contributed by atoms with E-state index in [2.05, 4.69) is 62.6 Å². The molecule has 0 fully saturated rings. The molecular formula is C13H22ClNSi. The van der Waals surface area contributed by atoms with Gasteiger partial charge in [-0.3, -0.25) is 0 Å². The molecule has 0 aromatic heterocycles. The predicted octanol–water partition coefficient (Wildman–Crippen LogP) is 3.33. The van der Waals surface area contributed by atoms with E-state index >= 15 is 0 Å². The maximum atomic E-state index is 7.03. The van der Waals surface area contributed by atoms with Gasteiger partial charge in [0.15, 0.2) is 0 Å². The first-order valence-electron chi connectivity index (χ1n) is 6.06. The van der Waals surface area contributed by atoms with Gasteiger partial charge in [-0.05, 0) is 23.8 Å². The van der Waals surface area contributed by atoms with Crippen molar-refractivity contribution in [2.24, 2.45) is 0 Å². The number of hydrogen-bond donors (Lipinski definition) is 0. The first kappa shape index (κ1) is 13.8. The summed E-state index contributed by atoms with van der Waals surface area (Å²) in [6.07, 6.45) is 0. The number of rotatable bonds is 5. The van der Waals surface area contributed by atoms with Crippen LogP contribution in [0.1, 0.15) is 27.7 Å². The molecule has 0 aliphatic rings. The highest BCUT2D eigenvalue weighted by Gasteiger charge is 2.41. The summed E-state index contributed by atoms with van der Waals surface area (Å²) in [6.45, 7) is 10.9. The van der Waals surface area contributed by atoms with Crippen LogP contribution in [0.2, 0.25) is 5.54 Å². The molecule has 16 heavy (non-hydrogen) atoms. The Morgan fingerprint density at radius 1 is 1.12 bits per heavy atom. The van der Waals surface area contributed by atoms with Gasteiger partial charge >= 0.3 is 0 Å². The standard InChI is InChI=1S/C13H22ClNSi/c1-5-15(6-2)16(14,12(3)4)13-10-8-7-9-11-13/h7-12H,5-6H2,1-4H3. The van der Waals surface area contributed by atoms with Gasteiger partial charge < -0.3 is 4.57 Å². The van der Waals surface area contributed by atoms with Crippen LogP contribution in [-0.4, -0.2) is 25.2 Å². The Bertz CT molecular complexity index is 311. The summed E-state index contributed by atoms with van der Waals surface area (Å²) in [6, 6.07) is 10.6. The van der Waals surface area contributed by atoms with Gasteiger partial charge in [0.05, 0.1) is 0 Å². The predicted molar refractivity (Wildman–Crippen MR) is 75.7 cm³/mol. The van der Waals surface area contributed by atoms with Crippen molar-refractivity contribution in [2.75, 3.05) is 13.1 Å². The normalized spacial score (nSPS) is 15.4. The van der Waals surface area contributed by atoms with E-state index in [9.17, 15) is 0 Å². The smallest absolute Gasteiger partial charge is 0.262 e. The van der Waals surface area contributed by atoms with Crippen molar-refractivity contribution in [1.29, 1.82) is 0 Å². The lowest BCUT2D eigenvalue weighted by atomic mass is 10.4. The molecule has 90 valence electrons. The molecule has 0 spiro atoms. The second-order valence-electron chi connectivity index (χ2n) is 4.37. The Morgan fingerprint density at radius 3 is 2.00 bits per heavy atom. The first-order chi connectivity index (χ1) is 7.57. The molecular weight excluding hydrogens is 234 g/mol. The molecule has 0 N–H and O–H groups in total. The summed E-state index contributed by atoms with van der Waals surface area (Å²) < 4.78 is 2.45. The van der Waals surface area contributed by atoms with Crippen LogP contribution in [0.3, 0.4) is 0 Å². The van der Waals surface area contributed by atoms with E-state index in [-0.39, 0.29) is 0 Å². The van der Waals surface area contributed by atoms with Crippen LogP contribution in [0.15, 0.2) is 30.3 Å². The SMILES string of the molecule is CCN(CC)[Si](Cl)(c1ccccc1)C(C)C. The highest BCUT2D eigenvalue weighted by Crippen LogP contribution is 2.28. The lowest BCUT2D eigenvalue weighted by Crippen LogP contribution is -2.60. The van der Waals surface area contributed by atoms with Gasteiger partial charge in [-0.15, -0.1) is 11.1 Å². The Morgan fingerprint density at radius 2 is 1.62 bits per heavy atom. The summed E-state index contributed by atoms with van der Waals surface area (Å²) in [7, 11) is -2.03. The van der Waals surface area contributed by atoms with Gasteiger partial charge in [0.1, 0.15) is 0 Å². The van der Waals surface area contributed by atoms with Crippen molar-refractivity contribution in [1.82, 2.24) is 4.57 Å². The summed E-state index contributed by atoms with van der Waals surface area (Å²) in [5, 5.41) is 1.33. The fourth-order valence-corrected chi connectivity index (χ4v) is 6.67. The molecule has 0 heterocycles. The van der Waals surface area contributed by atoms with Crippen molar-refractivity contribution in [3.63, 3.8) is 0 Å². The van der Waals surface area contributed by atoms with Crippen molar-refractivity contribution in [3.8, 4) is 0 Å². The third-order valence-electron chi connectivity index (χ3n) is 3.17. The van der Waals surface area contributed by atoms with Gasteiger partial charge in [0.25, 0.3) is 7.55 Å². The zero-order valence-corrected chi connectivity index (χ0v) is 12.5. The average molecular weight is 256 g/mol. The van der Waals surface area contributed by atoms with Gasteiger partial charge in [-0.1, -0.05) is 58.0 Å². The molecule has 0 aliphatic heterocycles. The monoisotopic (exact) mass is 255 g/mol. The number of benzene rings is 1. The van der Waals surface area contributed by atoms with Gasteiger partial charge in [0.2, 0.25) is 0 Å². The topological polar surface area (TPSA) is 3.24 Å². The molecule has 0 aliphatic carbocycles. The zero-order valence-electron chi connectivity index (χ0n) is 10.7. The Balaban J connectivity index is 3.16. The largest absolute Gasteiger partial charge is 0.309 e. The van der Waals surface area contributed by atoms with Crippen LogP contribution in [-0.2, 0) is 0 Å². The second-order valence-corrected chi connectivity index (χ2v) is 9.81. The lowest BCUT2D eigenvalue weighted by molar-refractivity contribution is 0.471. The Kier molecular flexibility index (Phi) is 5.03. The molecule has 0 bridgehead atoms. The van der Waals surface area contributed by atoms with Gasteiger partial charge in [-0.25, -0.2) is 0 Å². The minimum absolute atomic E-state index is 0.511. The molecule has 0 amide bonds. The Hall–Kier alpha value is -0.313. The third-order valence-corrected chi connectivity index (χ3v) is 10.1. The van der Waals surface area contributed by atoms with Crippen LogP contribution in [0.4, 0.5) is 0 Å². The summed E-state index contributed by atoms with van der Waals surface area (Å²) in [5.74, 6) is 0. The minimum Gasteiger partial charge on any atom is -0.309 e. The van der Waals surface area contributed by atoms with E-state index in [0.717, 1.165) is 13.1 Å². The van der Waals surface area contributed by atoms with E-state index < -0.39 is 7.55 Å². The van der Waals surface area contributed by atoms with Crippen molar-refractivity contribution >= 4 is 23.8 Å². The maximum absolute atomic E-state index is 7.03. The fraction of sp³-hybridized carbons (Fsp3) is 0.538. The summed E-state index contributed by atoms with van der Waals surface area (Å²) in [5.41, 5.74) is 0.511. The van der Waals surface area contributed by atoms with Crippen LogP contribution in [0.5, 0.6) is 0 Å². The number of halogens is 1. The second kappa shape index (κ2) is 5.85. The van der Waals surface area contributed by atoms with E-state index in [1.165, 1.54) is 5.19 Å². The molecule has 1 rings (SSSR count). The van der Waals surface area contributed by atoms with E-state index in [1.54, 1.807) is 0 Å². The van der Waals surface area contributed by atoms with Crippen molar-refractivity contribution in [3.05, 3.63) is 30.3 Å². The van der Waals surface area contributed by atoms with E-state index in [4.69, 9.17) is 11.1 Å². The molecule has 3 heteroatoms. The molecule has 1 aromatic rings. The minimum atomic E-state index is -2.03. The van der Waals surface area contributed by atoms with Crippen molar-refractivity contribution < 1.29 is 0 Å². The van der Waals surface area contributed by atoms with Crippen LogP contribution >= 0.6 is 11.1 Å². The van der Waals surface area contributed by atoms with Crippen molar-refractivity contribution in [2.45, 2.75) is 33.2 Å². The zero-order chi connectivity index (χ0) is 12.2. The fourth-order valence-electron chi connectivity index (χ4n) is 2.24. The molecule has 1 aromatic carbocycles. The third kappa shape index (κ3) is 2.50. The average Bonchev–Trinajstić information content (AvgIpc) is 2.31. The maximum Gasteiger partial charge on any atom is 0.262 e. The molecule has 1 nitrogen and oxygen atoms in total. The highest BCUT2D eigenvalue weighted by atomic mass is 35.6. The summed E-state index contributed by atoms with van der Waals surface area (Å²) in [4.78, 5) is 0. The van der Waals surface area contributed by atoms with Gasteiger partial charge in [0, 0.05) is 0 Å². The van der Waals surface area contributed by atoms with Crippen LogP contribution < -0.4 is 5.19 Å². The quantitative estimate of drug-likeness (QED) is 0.576. The molecule has 0 radical (unpaired) electrons. The highest BCUT2D eigenvalue weighted by molar-refractivity contribution is 7.26. The van der Waals surface area contributed by atoms with E-state index in [0.29, 0.717) is 5.54 Å². The first-order valence-corrected chi connectivity index (χ1v) is 9.10. The van der Waals surface area contributed by atoms with Crippen LogP contribution in [0.25, 0.3) is 0 Å². The number of hydrogen-bond acceptors (Lipinski definition) is 1. The van der Waals surface area contributed by atoms with E-state index in [1.807, 2.05) is 0 Å². The summed E-state index contributed by atoms with van der Waals surface area (Å²) >= 11 is 7.03. The molecule has 1 unspecified atom stereocenters. The molecule has 1 atom stereocenters.